The number of hydrogen-bond acceptors (Lipinski definition) is 4. The highest BCUT2D eigenvalue weighted by molar-refractivity contribution is 5.97. The van der Waals surface area contributed by atoms with Crippen LogP contribution in [0.25, 0.3) is 11.0 Å². The Morgan fingerprint density at radius 3 is 2.65 bits per heavy atom. The molecule has 1 aliphatic heterocycles. The van der Waals surface area contributed by atoms with Gasteiger partial charge in [0.25, 0.3) is 5.91 Å². The summed E-state index contributed by atoms with van der Waals surface area (Å²) in [5.74, 6) is 0.885. The highest BCUT2D eigenvalue weighted by atomic mass is 16.5. The van der Waals surface area contributed by atoms with E-state index < -0.39 is 0 Å². The van der Waals surface area contributed by atoms with Gasteiger partial charge in [-0.1, -0.05) is 18.6 Å². The molecule has 3 aromatic rings. The zero-order valence-electron chi connectivity index (χ0n) is 18.4. The smallest absolute Gasteiger partial charge is 0.259 e. The van der Waals surface area contributed by atoms with Crippen molar-refractivity contribution >= 4 is 16.9 Å². The lowest BCUT2D eigenvalue weighted by atomic mass is 9.94. The van der Waals surface area contributed by atoms with Gasteiger partial charge in [0.15, 0.2) is 0 Å². The molecule has 1 saturated heterocycles. The van der Waals surface area contributed by atoms with Gasteiger partial charge in [0.05, 0.1) is 12.5 Å². The SMILES string of the molecule is CCn1cc(C(=O)N2CCCCC(c3ccc(OC)cc3)C2)c(=O)c2ccc(C)nc21. The molecule has 31 heavy (non-hydrogen) atoms. The van der Waals surface area contributed by atoms with Gasteiger partial charge in [0, 0.05) is 37.4 Å². The summed E-state index contributed by atoms with van der Waals surface area (Å²) in [6.45, 7) is 5.82. The Hall–Kier alpha value is -3.15. The van der Waals surface area contributed by atoms with Gasteiger partial charge < -0.3 is 14.2 Å². The number of methoxy groups -OCH3 is 1. The minimum absolute atomic E-state index is 0.185. The van der Waals surface area contributed by atoms with Crippen molar-refractivity contribution < 1.29 is 9.53 Å². The van der Waals surface area contributed by atoms with Gasteiger partial charge in [0.2, 0.25) is 5.43 Å². The minimum Gasteiger partial charge on any atom is -0.497 e. The van der Waals surface area contributed by atoms with Crippen molar-refractivity contribution in [1.29, 1.82) is 0 Å². The number of pyridine rings is 2. The van der Waals surface area contributed by atoms with Gasteiger partial charge in [-0.25, -0.2) is 4.98 Å². The summed E-state index contributed by atoms with van der Waals surface area (Å²) in [5.41, 5.74) is 2.68. The minimum atomic E-state index is -0.234. The van der Waals surface area contributed by atoms with E-state index in [1.54, 1.807) is 19.4 Å². The van der Waals surface area contributed by atoms with Crippen LogP contribution >= 0.6 is 0 Å². The van der Waals surface area contributed by atoms with E-state index >= 15 is 0 Å². The van der Waals surface area contributed by atoms with Gasteiger partial charge in [-0.3, -0.25) is 9.59 Å². The molecule has 0 bridgehead atoms. The topological polar surface area (TPSA) is 64.4 Å². The monoisotopic (exact) mass is 419 g/mol. The lowest BCUT2D eigenvalue weighted by molar-refractivity contribution is 0.0752. The maximum Gasteiger partial charge on any atom is 0.259 e. The molecule has 162 valence electrons. The molecule has 0 aliphatic carbocycles. The molecule has 0 saturated carbocycles. The molecule has 1 amide bonds. The van der Waals surface area contributed by atoms with Crippen LogP contribution in [0.4, 0.5) is 0 Å². The largest absolute Gasteiger partial charge is 0.497 e. The third-order valence-corrected chi connectivity index (χ3v) is 6.18. The van der Waals surface area contributed by atoms with Crippen molar-refractivity contribution in [1.82, 2.24) is 14.5 Å². The Labute approximate surface area is 182 Å². The maximum atomic E-state index is 13.5. The normalized spacial score (nSPS) is 16.9. The van der Waals surface area contributed by atoms with E-state index in [1.165, 1.54) is 5.56 Å². The second-order valence-electron chi connectivity index (χ2n) is 8.20. The number of ether oxygens (including phenoxy) is 1. The van der Waals surface area contributed by atoms with E-state index in [0.717, 1.165) is 30.7 Å². The Kier molecular flexibility index (Phi) is 6.07. The lowest BCUT2D eigenvalue weighted by Gasteiger charge is -2.25. The molecule has 6 heteroatoms. The summed E-state index contributed by atoms with van der Waals surface area (Å²) in [4.78, 5) is 33.1. The van der Waals surface area contributed by atoms with E-state index in [1.807, 2.05) is 41.5 Å². The summed E-state index contributed by atoms with van der Waals surface area (Å²) in [7, 11) is 1.66. The number of nitrogens with zero attached hydrogens (tertiary/aromatic N) is 3. The first kappa shape index (κ1) is 21.1. The van der Waals surface area contributed by atoms with Gasteiger partial charge in [-0.2, -0.15) is 0 Å². The first-order valence-corrected chi connectivity index (χ1v) is 11.0. The average Bonchev–Trinajstić information content (AvgIpc) is 3.05. The number of carbonyl (C=O) groups excluding carboxylic acids is 1. The van der Waals surface area contributed by atoms with Gasteiger partial charge in [-0.05, 0) is 56.5 Å². The van der Waals surface area contributed by atoms with Crippen LogP contribution in [-0.4, -0.2) is 40.6 Å². The molecule has 1 fully saturated rings. The molecule has 4 rings (SSSR count). The molecule has 0 spiro atoms. The van der Waals surface area contributed by atoms with Crippen molar-refractivity contribution in [3.63, 3.8) is 0 Å². The molecule has 1 atom stereocenters. The van der Waals surface area contributed by atoms with Gasteiger partial charge in [0.1, 0.15) is 17.0 Å². The van der Waals surface area contributed by atoms with Gasteiger partial charge in [-0.15, -0.1) is 0 Å². The second kappa shape index (κ2) is 8.92. The van der Waals surface area contributed by atoms with Crippen LogP contribution in [0.1, 0.15) is 53.7 Å². The Balaban J connectivity index is 1.67. The van der Waals surface area contributed by atoms with E-state index in [4.69, 9.17) is 4.74 Å². The molecule has 0 radical (unpaired) electrons. The number of amides is 1. The van der Waals surface area contributed by atoms with Crippen LogP contribution in [0.5, 0.6) is 5.75 Å². The molecule has 1 aliphatic rings. The zero-order valence-corrected chi connectivity index (χ0v) is 18.4. The first-order valence-electron chi connectivity index (χ1n) is 11.0. The van der Waals surface area contributed by atoms with E-state index in [-0.39, 0.29) is 22.8 Å². The van der Waals surface area contributed by atoms with E-state index in [9.17, 15) is 9.59 Å². The van der Waals surface area contributed by atoms with Crippen molar-refractivity contribution in [2.45, 2.75) is 45.6 Å². The summed E-state index contributed by atoms with van der Waals surface area (Å²) in [5, 5.41) is 0.500. The Morgan fingerprint density at radius 2 is 1.94 bits per heavy atom. The molecular weight excluding hydrogens is 390 g/mol. The Bertz CT molecular complexity index is 1150. The number of fused-ring (bicyclic) bond motifs is 1. The highest BCUT2D eigenvalue weighted by Gasteiger charge is 2.26. The van der Waals surface area contributed by atoms with Crippen LogP contribution < -0.4 is 10.2 Å². The first-order chi connectivity index (χ1) is 15.0. The van der Waals surface area contributed by atoms with Crippen molar-refractivity contribution in [2.75, 3.05) is 20.2 Å². The van der Waals surface area contributed by atoms with Crippen LogP contribution in [0.15, 0.2) is 47.4 Å². The van der Waals surface area contributed by atoms with Crippen LogP contribution in [0.2, 0.25) is 0 Å². The van der Waals surface area contributed by atoms with Gasteiger partial charge >= 0.3 is 0 Å². The Morgan fingerprint density at radius 1 is 1.16 bits per heavy atom. The zero-order chi connectivity index (χ0) is 22.0. The summed E-state index contributed by atoms with van der Waals surface area (Å²) in [6, 6.07) is 11.7. The molecule has 0 N–H and O–H groups in total. The molecule has 1 unspecified atom stereocenters. The molecule has 3 heterocycles. The van der Waals surface area contributed by atoms with Crippen molar-refractivity contribution in [2.24, 2.45) is 0 Å². The van der Waals surface area contributed by atoms with Crippen LogP contribution in [0.3, 0.4) is 0 Å². The molecular formula is C25H29N3O3. The van der Waals surface area contributed by atoms with Crippen molar-refractivity contribution in [3.05, 3.63) is 69.6 Å². The fraction of sp³-hybridized carbons (Fsp3) is 0.400. The lowest BCUT2D eigenvalue weighted by Crippen LogP contribution is -2.37. The third kappa shape index (κ3) is 4.20. The van der Waals surface area contributed by atoms with Crippen LogP contribution in [0, 0.1) is 6.92 Å². The number of aryl methyl sites for hydroxylation is 2. The van der Waals surface area contributed by atoms with E-state index in [0.29, 0.717) is 30.7 Å². The number of benzene rings is 1. The number of rotatable bonds is 4. The number of aromatic nitrogens is 2. The summed E-state index contributed by atoms with van der Waals surface area (Å²) >= 11 is 0. The average molecular weight is 420 g/mol. The molecule has 6 nitrogen and oxygen atoms in total. The predicted molar refractivity (Wildman–Crippen MR) is 122 cm³/mol. The third-order valence-electron chi connectivity index (χ3n) is 6.18. The predicted octanol–water partition coefficient (Wildman–Crippen LogP) is 4.14. The standard InChI is InChI=1S/C25H29N3O3/c1-4-27-16-22(23(29)21-13-8-17(2)26-24(21)27)25(30)28-14-6-5-7-19(15-28)18-9-11-20(31-3)12-10-18/h8-13,16,19H,4-7,14-15H2,1-3H3. The second-order valence-corrected chi connectivity index (χ2v) is 8.20. The highest BCUT2D eigenvalue weighted by Crippen LogP contribution is 2.28. The van der Waals surface area contributed by atoms with E-state index in [2.05, 4.69) is 17.1 Å². The summed E-state index contributed by atoms with van der Waals surface area (Å²) < 4.78 is 7.17. The fourth-order valence-electron chi connectivity index (χ4n) is 4.40. The quantitative estimate of drug-likeness (QED) is 0.637. The van der Waals surface area contributed by atoms with Crippen molar-refractivity contribution in [3.8, 4) is 5.75 Å². The maximum absolute atomic E-state index is 13.5. The molecule has 2 aromatic heterocycles. The number of carbonyl (C=O) groups is 1. The number of hydrogen-bond donors (Lipinski definition) is 0. The molecule has 1 aromatic carbocycles. The fourth-order valence-corrected chi connectivity index (χ4v) is 4.40. The van der Waals surface area contributed by atoms with Crippen LogP contribution in [-0.2, 0) is 6.54 Å². The number of likely N-dealkylation sites (tertiary alicyclic amines) is 1. The summed E-state index contributed by atoms with van der Waals surface area (Å²) in [6.07, 6.45) is 4.71.